The molecule has 1 aromatic rings. The summed E-state index contributed by atoms with van der Waals surface area (Å²) in [6.45, 7) is 0. The lowest BCUT2D eigenvalue weighted by molar-refractivity contribution is 0.0680. The molecule has 0 atom stereocenters. The van der Waals surface area contributed by atoms with Crippen LogP contribution in [-0.4, -0.2) is 22.2 Å². The number of rotatable bonds is 2. The number of aromatic carboxylic acids is 2. The highest BCUT2D eigenvalue weighted by molar-refractivity contribution is 9.10. The molecule has 1 aromatic carbocycles. The molecule has 0 saturated carbocycles. The summed E-state index contributed by atoms with van der Waals surface area (Å²) in [5.74, 6) is -2.37. The Bertz CT molecular complexity index is 377. The van der Waals surface area contributed by atoms with Crippen molar-refractivity contribution in [1.29, 1.82) is 0 Å². The van der Waals surface area contributed by atoms with Gasteiger partial charge < -0.3 is 10.2 Å². The van der Waals surface area contributed by atoms with E-state index < -0.39 is 11.9 Å². The first kappa shape index (κ1) is 11.0. The minimum Gasteiger partial charge on any atom is -0.478 e. The lowest BCUT2D eigenvalue weighted by Crippen LogP contribution is -2.03. The first-order valence-electron chi connectivity index (χ1n) is 3.39. The average molecular weight is 279 g/mol. The van der Waals surface area contributed by atoms with Gasteiger partial charge in [0.05, 0.1) is 20.6 Å². The molecule has 0 bridgehead atoms. The van der Waals surface area contributed by atoms with Crippen LogP contribution < -0.4 is 0 Å². The predicted octanol–water partition coefficient (Wildman–Crippen LogP) is 2.50. The molecule has 0 saturated heterocycles. The number of hydrogen-bond acceptors (Lipinski definition) is 2. The molecule has 0 unspecified atom stereocenters. The van der Waals surface area contributed by atoms with Crippen LogP contribution in [0.25, 0.3) is 0 Å². The second-order valence-electron chi connectivity index (χ2n) is 2.40. The number of hydrogen-bond donors (Lipinski definition) is 2. The summed E-state index contributed by atoms with van der Waals surface area (Å²) in [5.41, 5.74) is -0.205. The normalized spacial score (nSPS) is 9.86. The number of halogens is 2. The Morgan fingerprint density at radius 2 is 1.57 bits per heavy atom. The number of carbonyl (C=O) groups is 2. The van der Waals surface area contributed by atoms with E-state index in [0.717, 1.165) is 6.07 Å². The molecule has 2 N–H and O–H groups in total. The Balaban J connectivity index is 3.41. The second-order valence-corrected chi connectivity index (χ2v) is 3.57. The van der Waals surface area contributed by atoms with Gasteiger partial charge in [0.25, 0.3) is 0 Å². The van der Waals surface area contributed by atoms with E-state index in [9.17, 15) is 9.59 Å². The monoisotopic (exact) mass is 278 g/mol. The summed E-state index contributed by atoms with van der Waals surface area (Å²) < 4.78 is 0.0755. The van der Waals surface area contributed by atoms with Crippen LogP contribution in [0.2, 0.25) is 5.02 Å². The van der Waals surface area contributed by atoms with Gasteiger partial charge in [-0.2, -0.15) is 0 Å². The van der Waals surface area contributed by atoms with Gasteiger partial charge in [0, 0.05) is 0 Å². The quantitative estimate of drug-likeness (QED) is 0.872. The van der Waals surface area contributed by atoms with Crippen molar-refractivity contribution >= 4 is 39.5 Å². The molecular weight excluding hydrogens is 275 g/mol. The van der Waals surface area contributed by atoms with Crippen molar-refractivity contribution in [2.24, 2.45) is 0 Å². The zero-order valence-corrected chi connectivity index (χ0v) is 8.96. The van der Waals surface area contributed by atoms with Crippen molar-refractivity contribution in [3.05, 3.63) is 32.8 Å². The van der Waals surface area contributed by atoms with E-state index in [2.05, 4.69) is 15.9 Å². The van der Waals surface area contributed by atoms with Crippen LogP contribution in [-0.2, 0) is 0 Å². The number of carboxylic acid groups (broad SMARTS) is 2. The highest BCUT2D eigenvalue weighted by Crippen LogP contribution is 2.29. The average Bonchev–Trinajstić information content (AvgIpc) is 2.08. The summed E-state index contributed by atoms with van der Waals surface area (Å²) in [5, 5.41) is 17.2. The smallest absolute Gasteiger partial charge is 0.337 e. The van der Waals surface area contributed by atoms with Gasteiger partial charge in [0.1, 0.15) is 0 Å². The van der Waals surface area contributed by atoms with Crippen molar-refractivity contribution in [2.75, 3.05) is 0 Å². The van der Waals surface area contributed by atoms with E-state index in [1.54, 1.807) is 0 Å². The van der Waals surface area contributed by atoms with Gasteiger partial charge >= 0.3 is 11.9 Å². The van der Waals surface area contributed by atoms with E-state index in [1.807, 2.05) is 0 Å². The minimum atomic E-state index is -1.20. The summed E-state index contributed by atoms with van der Waals surface area (Å²) >= 11 is 8.57. The molecule has 0 radical (unpaired) electrons. The third-order valence-corrected chi connectivity index (χ3v) is 2.99. The van der Waals surface area contributed by atoms with E-state index in [-0.39, 0.29) is 20.6 Å². The van der Waals surface area contributed by atoms with E-state index in [1.165, 1.54) is 6.07 Å². The molecule has 1 rings (SSSR count). The van der Waals surface area contributed by atoms with Crippen molar-refractivity contribution in [3.8, 4) is 0 Å². The molecule has 0 aromatic heterocycles. The van der Waals surface area contributed by atoms with Crippen LogP contribution in [0.5, 0.6) is 0 Å². The van der Waals surface area contributed by atoms with E-state index in [0.29, 0.717) is 0 Å². The standard InChI is InChI=1S/C8H4BrClO4/c9-5-3(7(11)12)1-2-4(6(5)10)8(13)14/h1-2H,(H,11,12)(H,13,14). The molecule has 0 fully saturated rings. The first-order valence-corrected chi connectivity index (χ1v) is 4.57. The fourth-order valence-corrected chi connectivity index (χ4v) is 1.64. The Hall–Kier alpha value is -1.07. The Labute approximate surface area is 92.2 Å². The van der Waals surface area contributed by atoms with Crippen LogP contribution in [0, 0.1) is 0 Å². The van der Waals surface area contributed by atoms with Gasteiger partial charge in [-0.3, -0.25) is 0 Å². The topological polar surface area (TPSA) is 74.6 Å². The molecule has 0 aliphatic heterocycles. The lowest BCUT2D eigenvalue weighted by atomic mass is 10.1. The highest BCUT2D eigenvalue weighted by atomic mass is 79.9. The molecule has 74 valence electrons. The summed E-state index contributed by atoms with van der Waals surface area (Å²) in [6, 6.07) is 2.33. The molecule has 6 heteroatoms. The molecule has 0 amide bonds. The maximum absolute atomic E-state index is 10.6. The maximum Gasteiger partial charge on any atom is 0.337 e. The van der Waals surface area contributed by atoms with Gasteiger partial charge in [-0.05, 0) is 28.1 Å². The minimum absolute atomic E-state index is 0.0694. The first-order chi connectivity index (χ1) is 6.45. The van der Waals surface area contributed by atoms with Crippen molar-refractivity contribution in [3.63, 3.8) is 0 Å². The van der Waals surface area contributed by atoms with Gasteiger partial charge in [-0.15, -0.1) is 0 Å². The van der Waals surface area contributed by atoms with Gasteiger partial charge in [-0.25, -0.2) is 9.59 Å². The second kappa shape index (κ2) is 3.98. The maximum atomic E-state index is 10.6. The zero-order chi connectivity index (χ0) is 10.9. The third kappa shape index (κ3) is 1.88. The van der Waals surface area contributed by atoms with Crippen LogP contribution in [0.3, 0.4) is 0 Å². The van der Waals surface area contributed by atoms with Gasteiger partial charge in [0.15, 0.2) is 0 Å². The number of carboxylic acids is 2. The third-order valence-electron chi connectivity index (χ3n) is 1.54. The largest absolute Gasteiger partial charge is 0.478 e. The Morgan fingerprint density at radius 3 is 2.00 bits per heavy atom. The summed E-state index contributed by atoms with van der Waals surface area (Å²) in [4.78, 5) is 21.2. The molecule has 0 aliphatic rings. The predicted molar refractivity (Wildman–Crippen MR) is 53.1 cm³/mol. The van der Waals surface area contributed by atoms with E-state index in [4.69, 9.17) is 21.8 Å². The van der Waals surface area contributed by atoms with Crippen LogP contribution >= 0.6 is 27.5 Å². The number of benzene rings is 1. The highest BCUT2D eigenvalue weighted by Gasteiger charge is 2.17. The Kier molecular flexibility index (Phi) is 3.13. The van der Waals surface area contributed by atoms with Crippen molar-refractivity contribution < 1.29 is 19.8 Å². The SMILES string of the molecule is O=C(O)c1ccc(C(=O)O)c(Br)c1Cl. The van der Waals surface area contributed by atoms with E-state index >= 15 is 0 Å². The van der Waals surface area contributed by atoms with Gasteiger partial charge in [0.2, 0.25) is 0 Å². The van der Waals surface area contributed by atoms with Crippen molar-refractivity contribution in [1.82, 2.24) is 0 Å². The molecule has 14 heavy (non-hydrogen) atoms. The lowest BCUT2D eigenvalue weighted by Gasteiger charge is -2.04. The Morgan fingerprint density at radius 1 is 1.14 bits per heavy atom. The van der Waals surface area contributed by atoms with Gasteiger partial charge in [-0.1, -0.05) is 11.6 Å². The summed E-state index contributed by atoms with van der Waals surface area (Å²) in [7, 11) is 0. The molecule has 0 spiro atoms. The zero-order valence-electron chi connectivity index (χ0n) is 6.62. The van der Waals surface area contributed by atoms with Crippen LogP contribution in [0.15, 0.2) is 16.6 Å². The van der Waals surface area contributed by atoms with Crippen LogP contribution in [0.4, 0.5) is 0 Å². The summed E-state index contributed by atoms with van der Waals surface area (Å²) in [6.07, 6.45) is 0. The molecule has 4 nitrogen and oxygen atoms in total. The van der Waals surface area contributed by atoms with Crippen molar-refractivity contribution in [2.45, 2.75) is 0 Å². The fourth-order valence-electron chi connectivity index (χ4n) is 0.880. The molecule has 0 aliphatic carbocycles. The molecular formula is C8H4BrClO4. The van der Waals surface area contributed by atoms with Crippen LogP contribution in [0.1, 0.15) is 20.7 Å². The molecule has 0 heterocycles. The fraction of sp³-hybridized carbons (Fsp3) is 0.